The molecule has 5 nitrogen and oxygen atoms in total. The first kappa shape index (κ1) is 17.7. The molecular formula is C15H19F2N3O2S. The number of piperidine rings is 1. The van der Waals surface area contributed by atoms with Crippen molar-refractivity contribution in [2.45, 2.75) is 23.5 Å². The Morgan fingerprint density at radius 3 is 2.65 bits per heavy atom. The zero-order chi connectivity index (χ0) is 16.8. The van der Waals surface area contributed by atoms with Crippen LogP contribution in [0, 0.1) is 5.92 Å². The van der Waals surface area contributed by atoms with Crippen LogP contribution in [0.5, 0.6) is 0 Å². The topological polar surface area (TPSA) is 75.4 Å². The molecule has 2 rings (SSSR count). The zero-order valence-corrected chi connectivity index (χ0v) is 13.3. The largest absolute Gasteiger partial charge is 0.369 e. The first-order chi connectivity index (χ1) is 10.9. The summed E-state index contributed by atoms with van der Waals surface area (Å²) in [4.78, 5) is 25.6. The van der Waals surface area contributed by atoms with Crippen molar-refractivity contribution in [1.82, 2.24) is 4.90 Å². The van der Waals surface area contributed by atoms with E-state index in [0.29, 0.717) is 28.9 Å². The van der Waals surface area contributed by atoms with Crippen LogP contribution in [0.25, 0.3) is 0 Å². The first-order valence-corrected chi connectivity index (χ1v) is 8.18. The molecule has 1 aromatic carbocycles. The molecule has 0 unspecified atom stereocenters. The number of carbonyl (C=O) groups excluding carboxylic acids is 2. The van der Waals surface area contributed by atoms with Crippen molar-refractivity contribution < 1.29 is 18.4 Å². The highest BCUT2D eigenvalue weighted by Gasteiger charge is 2.25. The first-order valence-electron chi connectivity index (χ1n) is 7.30. The van der Waals surface area contributed by atoms with Crippen molar-refractivity contribution in [3.8, 4) is 0 Å². The second kappa shape index (κ2) is 8.26. The van der Waals surface area contributed by atoms with E-state index in [1.54, 1.807) is 12.1 Å². The quantitative estimate of drug-likeness (QED) is 0.776. The maximum atomic E-state index is 12.2. The minimum atomic E-state index is -2.47. The number of likely N-dealkylation sites (tertiary alicyclic amines) is 1. The number of nitrogens with zero attached hydrogens (tertiary/aromatic N) is 1. The van der Waals surface area contributed by atoms with Gasteiger partial charge in [-0.1, -0.05) is 11.8 Å². The molecule has 1 heterocycles. The summed E-state index contributed by atoms with van der Waals surface area (Å²) in [5, 5.41) is 2.72. The number of nitrogens with one attached hydrogen (secondary N) is 1. The molecule has 126 valence electrons. The molecule has 0 aliphatic carbocycles. The van der Waals surface area contributed by atoms with Gasteiger partial charge in [0, 0.05) is 17.1 Å². The molecule has 3 N–H and O–H groups in total. The second-order valence-corrected chi connectivity index (χ2v) is 6.49. The van der Waals surface area contributed by atoms with Gasteiger partial charge in [0.25, 0.3) is 5.76 Å². The second-order valence-electron chi connectivity index (χ2n) is 5.43. The van der Waals surface area contributed by atoms with Gasteiger partial charge in [0.05, 0.1) is 12.5 Å². The predicted molar refractivity (Wildman–Crippen MR) is 85.3 cm³/mol. The van der Waals surface area contributed by atoms with E-state index in [9.17, 15) is 18.4 Å². The van der Waals surface area contributed by atoms with Crippen LogP contribution in [0.3, 0.4) is 0 Å². The van der Waals surface area contributed by atoms with Crippen LogP contribution in [0.2, 0.25) is 0 Å². The molecule has 2 amide bonds. The summed E-state index contributed by atoms with van der Waals surface area (Å²) >= 11 is 0.459. The fourth-order valence-electron chi connectivity index (χ4n) is 2.55. The smallest absolute Gasteiger partial charge is 0.288 e. The van der Waals surface area contributed by atoms with Crippen LogP contribution in [-0.2, 0) is 9.59 Å². The third kappa shape index (κ3) is 5.80. The van der Waals surface area contributed by atoms with Crippen molar-refractivity contribution in [3.63, 3.8) is 0 Å². The average molecular weight is 343 g/mol. The van der Waals surface area contributed by atoms with Gasteiger partial charge in [-0.2, -0.15) is 8.78 Å². The third-order valence-corrected chi connectivity index (χ3v) is 4.36. The molecule has 1 aromatic rings. The normalized spacial score (nSPS) is 18.8. The summed E-state index contributed by atoms with van der Waals surface area (Å²) in [5.41, 5.74) is 5.86. The number of benzene rings is 1. The van der Waals surface area contributed by atoms with Gasteiger partial charge in [-0.05, 0) is 43.7 Å². The molecular weight excluding hydrogens is 324 g/mol. The van der Waals surface area contributed by atoms with Gasteiger partial charge in [0.1, 0.15) is 0 Å². The Kier molecular flexibility index (Phi) is 6.35. The van der Waals surface area contributed by atoms with Gasteiger partial charge < -0.3 is 11.1 Å². The maximum absolute atomic E-state index is 12.2. The van der Waals surface area contributed by atoms with Crippen LogP contribution in [0.1, 0.15) is 12.8 Å². The Labute approximate surface area is 137 Å². The minimum Gasteiger partial charge on any atom is -0.369 e. The van der Waals surface area contributed by atoms with Gasteiger partial charge in [0.15, 0.2) is 0 Å². The third-order valence-electron chi connectivity index (χ3n) is 3.64. The lowest BCUT2D eigenvalue weighted by Gasteiger charge is -2.30. The van der Waals surface area contributed by atoms with E-state index < -0.39 is 5.76 Å². The minimum absolute atomic E-state index is 0.178. The average Bonchev–Trinajstić information content (AvgIpc) is 2.49. The van der Waals surface area contributed by atoms with Crippen LogP contribution in [-0.4, -0.2) is 42.1 Å². The number of anilines is 1. The Morgan fingerprint density at radius 2 is 2.04 bits per heavy atom. The fourth-order valence-corrected chi connectivity index (χ4v) is 3.05. The van der Waals surface area contributed by atoms with E-state index in [2.05, 4.69) is 5.32 Å². The van der Waals surface area contributed by atoms with Gasteiger partial charge >= 0.3 is 0 Å². The number of alkyl halides is 2. The number of hydrogen-bond acceptors (Lipinski definition) is 4. The molecule has 1 aliphatic heterocycles. The standard InChI is InChI=1S/C15H19F2N3O2S/c16-15(17)23-12-5-3-11(4-6-12)19-13(21)9-20-7-1-2-10(8-20)14(18)22/h3-6,10,15H,1-2,7-9H2,(H2,18,22)(H,19,21)/t10-/m0/s1. The number of amides is 2. The van der Waals surface area contributed by atoms with E-state index >= 15 is 0 Å². The number of rotatable bonds is 6. The summed E-state index contributed by atoms with van der Waals surface area (Å²) in [6.07, 6.45) is 1.59. The highest BCUT2D eigenvalue weighted by atomic mass is 32.2. The lowest BCUT2D eigenvalue weighted by Crippen LogP contribution is -2.44. The Hall–Kier alpha value is -1.67. The van der Waals surface area contributed by atoms with E-state index in [1.807, 2.05) is 4.90 Å². The number of carbonyl (C=O) groups is 2. The molecule has 1 fully saturated rings. The van der Waals surface area contributed by atoms with Crippen LogP contribution in [0.4, 0.5) is 14.5 Å². The molecule has 23 heavy (non-hydrogen) atoms. The van der Waals surface area contributed by atoms with Crippen molar-refractivity contribution in [3.05, 3.63) is 24.3 Å². The van der Waals surface area contributed by atoms with E-state index in [1.165, 1.54) is 12.1 Å². The molecule has 0 radical (unpaired) electrons. The van der Waals surface area contributed by atoms with E-state index in [-0.39, 0.29) is 24.3 Å². The highest BCUT2D eigenvalue weighted by Crippen LogP contribution is 2.26. The van der Waals surface area contributed by atoms with Crippen molar-refractivity contribution in [2.75, 3.05) is 25.0 Å². The van der Waals surface area contributed by atoms with Gasteiger partial charge in [0.2, 0.25) is 11.8 Å². The monoisotopic (exact) mass is 343 g/mol. The summed E-state index contributed by atoms with van der Waals surface area (Å²) < 4.78 is 24.5. The number of nitrogens with two attached hydrogens (primary N) is 1. The Bertz CT molecular complexity index is 554. The molecule has 0 saturated carbocycles. The summed E-state index contributed by atoms with van der Waals surface area (Å²) in [7, 11) is 0. The SMILES string of the molecule is NC(=O)[C@H]1CCCN(CC(=O)Nc2ccc(SC(F)F)cc2)C1. The van der Waals surface area contributed by atoms with Crippen LogP contribution in [0.15, 0.2) is 29.2 Å². The molecule has 1 aliphatic rings. The number of thioether (sulfide) groups is 1. The lowest BCUT2D eigenvalue weighted by molar-refractivity contribution is -0.125. The molecule has 1 saturated heterocycles. The summed E-state index contributed by atoms with van der Waals surface area (Å²) in [5.74, 6) is -3.21. The van der Waals surface area contributed by atoms with Gasteiger partial charge in [-0.15, -0.1) is 0 Å². The van der Waals surface area contributed by atoms with Crippen LogP contribution >= 0.6 is 11.8 Å². The Balaban J connectivity index is 1.83. The van der Waals surface area contributed by atoms with Gasteiger partial charge in [-0.3, -0.25) is 14.5 Å². The lowest BCUT2D eigenvalue weighted by atomic mass is 9.97. The van der Waals surface area contributed by atoms with Crippen LogP contribution < -0.4 is 11.1 Å². The molecule has 1 atom stereocenters. The molecule has 8 heteroatoms. The van der Waals surface area contributed by atoms with Crippen molar-refractivity contribution in [2.24, 2.45) is 11.7 Å². The molecule has 0 bridgehead atoms. The fraction of sp³-hybridized carbons (Fsp3) is 0.467. The van der Waals surface area contributed by atoms with Crippen molar-refractivity contribution >= 4 is 29.3 Å². The van der Waals surface area contributed by atoms with E-state index in [4.69, 9.17) is 5.73 Å². The maximum Gasteiger partial charge on any atom is 0.288 e. The number of primary amides is 1. The van der Waals surface area contributed by atoms with Gasteiger partial charge in [-0.25, -0.2) is 0 Å². The van der Waals surface area contributed by atoms with Crippen molar-refractivity contribution in [1.29, 1.82) is 0 Å². The Morgan fingerprint density at radius 1 is 1.35 bits per heavy atom. The molecule has 0 spiro atoms. The number of halogens is 2. The zero-order valence-electron chi connectivity index (χ0n) is 12.5. The summed E-state index contributed by atoms with van der Waals surface area (Å²) in [6, 6.07) is 6.25. The predicted octanol–water partition coefficient (Wildman–Crippen LogP) is 2.14. The highest BCUT2D eigenvalue weighted by molar-refractivity contribution is 7.99. The van der Waals surface area contributed by atoms with E-state index in [0.717, 1.165) is 19.4 Å². The molecule has 0 aromatic heterocycles. The number of hydrogen-bond donors (Lipinski definition) is 2. The summed E-state index contributed by atoms with van der Waals surface area (Å²) in [6.45, 7) is 1.42.